The summed E-state index contributed by atoms with van der Waals surface area (Å²) in [5, 5.41) is 0. The Balaban J connectivity index is 0.00000200. The van der Waals surface area contributed by atoms with Gasteiger partial charge in [0.15, 0.2) is 5.96 Å². The van der Waals surface area contributed by atoms with Crippen LogP contribution in [-0.2, 0) is 6.42 Å². The third kappa shape index (κ3) is 4.96. The molecule has 4 heteroatoms. The summed E-state index contributed by atoms with van der Waals surface area (Å²) in [4.78, 5) is 6.74. The maximum Gasteiger partial charge on any atom is 0.191 e. The highest BCUT2D eigenvalue weighted by Gasteiger charge is 2.11. The number of aryl methyl sites for hydroxylation is 2. The second kappa shape index (κ2) is 8.49. The van der Waals surface area contributed by atoms with Crippen LogP contribution in [0.4, 0.5) is 0 Å². The van der Waals surface area contributed by atoms with Crippen molar-refractivity contribution in [3.63, 3.8) is 0 Å². The molecule has 1 heterocycles. The zero-order valence-electron chi connectivity index (χ0n) is 12.6. The van der Waals surface area contributed by atoms with Crippen molar-refractivity contribution in [2.24, 2.45) is 10.7 Å². The Bertz CT molecular complexity index is 451. The van der Waals surface area contributed by atoms with Crippen molar-refractivity contribution in [1.82, 2.24) is 4.90 Å². The smallest absolute Gasteiger partial charge is 0.191 e. The van der Waals surface area contributed by atoms with Gasteiger partial charge in [-0.25, -0.2) is 0 Å². The summed E-state index contributed by atoms with van der Waals surface area (Å²) in [7, 11) is 0. The van der Waals surface area contributed by atoms with Gasteiger partial charge in [0.2, 0.25) is 0 Å². The first-order valence-electron chi connectivity index (χ1n) is 7.28. The quantitative estimate of drug-likeness (QED) is 0.492. The van der Waals surface area contributed by atoms with E-state index in [0.717, 1.165) is 32.0 Å². The molecule has 1 aliphatic rings. The van der Waals surface area contributed by atoms with E-state index in [4.69, 9.17) is 5.73 Å². The first kappa shape index (κ1) is 17.3. The van der Waals surface area contributed by atoms with Crippen LogP contribution in [0.3, 0.4) is 0 Å². The molecular weight excluding hydrogens is 361 g/mol. The van der Waals surface area contributed by atoms with Gasteiger partial charge < -0.3 is 10.6 Å². The molecule has 0 spiro atoms. The number of halogens is 1. The summed E-state index contributed by atoms with van der Waals surface area (Å²) in [6, 6.07) is 6.60. The van der Waals surface area contributed by atoms with Gasteiger partial charge in [-0.3, -0.25) is 4.99 Å². The molecule has 0 bridgehead atoms. The van der Waals surface area contributed by atoms with Gasteiger partial charge >= 0.3 is 0 Å². The van der Waals surface area contributed by atoms with E-state index in [0.29, 0.717) is 0 Å². The summed E-state index contributed by atoms with van der Waals surface area (Å²) in [6.45, 7) is 7.22. The topological polar surface area (TPSA) is 41.6 Å². The number of hydrogen-bond donors (Lipinski definition) is 1. The Labute approximate surface area is 139 Å². The van der Waals surface area contributed by atoms with E-state index in [-0.39, 0.29) is 24.0 Å². The van der Waals surface area contributed by atoms with Crippen molar-refractivity contribution in [1.29, 1.82) is 0 Å². The number of guanidine groups is 1. The Morgan fingerprint density at radius 3 is 2.55 bits per heavy atom. The van der Waals surface area contributed by atoms with Gasteiger partial charge in [0.25, 0.3) is 0 Å². The molecule has 1 aromatic carbocycles. The van der Waals surface area contributed by atoms with Gasteiger partial charge in [-0.1, -0.05) is 23.8 Å². The SMILES string of the molecule is Cc1ccc(CCN=C(N)N2CCCCC2)c(C)c1.I. The van der Waals surface area contributed by atoms with Gasteiger partial charge in [0, 0.05) is 19.6 Å². The van der Waals surface area contributed by atoms with Crippen molar-refractivity contribution in [2.45, 2.75) is 39.5 Å². The normalized spacial score (nSPS) is 15.9. The maximum absolute atomic E-state index is 6.05. The van der Waals surface area contributed by atoms with E-state index < -0.39 is 0 Å². The van der Waals surface area contributed by atoms with Gasteiger partial charge in [0.1, 0.15) is 0 Å². The van der Waals surface area contributed by atoms with Gasteiger partial charge in [0.05, 0.1) is 0 Å². The number of nitrogens with zero attached hydrogens (tertiary/aromatic N) is 2. The molecule has 3 nitrogen and oxygen atoms in total. The van der Waals surface area contributed by atoms with E-state index in [1.54, 1.807) is 0 Å². The van der Waals surface area contributed by atoms with Crippen molar-refractivity contribution >= 4 is 29.9 Å². The largest absolute Gasteiger partial charge is 0.370 e. The minimum Gasteiger partial charge on any atom is -0.370 e. The molecule has 2 N–H and O–H groups in total. The van der Waals surface area contributed by atoms with Crippen molar-refractivity contribution < 1.29 is 0 Å². The molecule has 1 aliphatic heterocycles. The predicted octanol–water partition coefficient (Wildman–Crippen LogP) is 3.26. The first-order chi connectivity index (χ1) is 9.16. The average Bonchev–Trinajstić information content (AvgIpc) is 2.42. The number of aliphatic imine (C=N–C) groups is 1. The van der Waals surface area contributed by atoms with Crippen LogP contribution < -0.4 is 5.73 Å². The number of rotatable bonds is 3. The maximum atomic E-state index is 6.05. The Morgan fingerprint density at radius 2 is 1.90 bits per heavy atom. The Kier molecular flexibility index (Phi) is 7.34. The molecular formula is C16H26IN3. The van der Waals surface area contributed by atoms with Crippen LogP contribution in [-0.4, -0.2) is 30.5 Å². The molecule has 112 valence electrons. The lowest BCUT2D eigenvalue weighted by molar-refractivity contribution is 0.338. The van der Waals surface area contributed by atoms with E-state index >= 15 is 0 Å². The van der Waals surface area contributed by atoms with E-state index in [1.165, 1.54) is 36.0 Å². The number of hydrogen-bond acceptors (Lipinski definition) is 1. The Morgan fingerprint density at radius 1 is 1.20 bits per heavy atom. The van der Waals surface area contributed by atoms with Crippen LogP contribution in [0.2, 0.25) is 0 Å². The van der Waals surface area contributed by atoms with Crippen molar-refractivity contribution in [3.8, 4) is 0 Å². The fraction of sp³-hybridized carbons (Fsp3) is 0.562. The van der Waals surface area contributed by atoms with Crippen LogP contribution in [0, 0.1) is 13.8 Å². The number of nitrogens with two attached hydrogens (primary N) is 1. The standard InChI is InChI=1S/C16H25N3.HI/c1-13-6-7-15(14(2)12-13)8-9-18-16(17)19-10-4-3-5-11-19;/h6-7,12H,3-5,8-11H2,1-2H3,(H2,17,18);1H. The van der Waals surface area contributed by atoms with Gasteiger partial charge in [-0.05, 0) is 50.7 Å². The predicted molar refractivity (Wildman–Crippen MR) is 96.9 cm³/mol. The minimum atomic E-state index is 0. The molecule has 0 radical (unpaired) electrons. The highest BCUT2D eigenvalue weighted by Crippen LogP contribution is 2.11. The van der Waals surface area contributed by atoms with Gasteiger partial charge in [-0.2, -0.15) is 0 Å². The van der Waals surface area contributed by atoms with Crippen LogP contribution in [0.5, 0.6) is 0 Å². The zero-order valence-corrected chi connectivity index (χ0v) is 14.9. The minimum absolute atomic E-state index is 0. The first-order valence-corrected chi connectivity index (χ1v) is 7.28. The van der Waals surface area contributed by atoms with E-state index in [1.807, 2.05) is 0 Å². The molecule has 0 saturated carbocycles. The van der Waals surface area contributed by atoms with E-state index in [2.05, 4.69) is 41.9 Å². The van der Waals surface area contributed by atoms with Crippen molar-refractivity contribution in [2.75, 3.05) is 19.6 Å². The molecule has 0 atom stereocenters. The van der Waals surface area contributed by atoms with Crippen LogP contribution >= 0.6 is 24.0 Å². The highest BCUT2D eigenvalue weighted by atomic mass is 127. The monoisotopic (exact) mass is 387 g/mol. The lowest BCUT2D eigenvalue weighted by Gasteiger charge is -2.27. The molecule has 1 aromatic rings. The molecule has 0 unspecified atom stereocenters. The Hall–Kier alpha value is -0.780. The van der Waals surface area contributed by atoms with Crippen LogP contribution in [0.15, 0.2) is 23.2 Å². The number of likely N-dealkylation sites (tertiary alicyclic amines) is 1. The summed E-state index contributed by atoms with van der Waals surface area (Å²) >= 11 is 0. The second-order valence-corrected chi connectivity index (χ2v) is 5.47. The van der Waals surface area contributed by atoms with E-state index in [9.17, 15) is 0 Å². The molecule has 1 saturated heterocycles. The lowest BCUT2D eigenvalue weighted by atomic mass is 10.0. The molecule has 0 amide bonds. The third-order valence-corrected chi connectivity index (χ3v) is 3.83. The number of benzene rings is 1. The molecule has 2 rings (SSSR count). The molecule has 20 heavy (non-hydrogen) atoms. The number of piperidine rings is 1. The summed E-state index contributed by atoms with van der Waals surface area (Å²) < 4.78 is 0. The molecule has 0 aliphatic carbocycles. The lowest BCUT2D eigenvalue weighted by Crippen LogP contribution is -2.41. The summed E-state index contributed by atoms with van der Waals surface area (Å²) in [6.07, 6.45) is 4.79. The fourth-order valence-electron chi connectivity index (χ4n) is 2.64. The summed E-state index contributed by atoms with van der Waals surface area (Å²) in [5.74, 6) is 0.726. The van der Waals surface area contributed by atoms with Gasteiger partial charge in [-0.15, -0.1) is 24.0 Å². The van der Waals surface area contributed by atoms with Crippen LogP contribution in [0.25, 0.3) is 0 Å². The summed E-state index contributed by atoms with van der Waals surface area (Å²) in [5.41, 5.74) is 10.1. The zero-order chi connectivity index (χ0) is 13.7. The van der Waals surface area contributed by atoms with Crippen molar-refractivity contribution in [3.05, 3.63) is 34.9 Å². The molecule has 0 aromatic heterocycles. The fourth-order valence-corrected chi connectivity index (χ4v) is 2.64. The highest BCUT2D eigenvalue weighted by molar-refractivity contribution is 14.0. The molecule has 1 fully saturated rings. The second-order valence-electron chi connectivity index (χ2n) is 5.47. The third-order valence-electron chi connectivity index (χ3n) is 3.83. The average molecular weight is 387 g/mol. The van der Waals surface area contributed by atoms with Crippen LogP contribution in [0.1, 0.15) is 36.0 Å².